The van der Waals surface area contributed by atoms with Gasteiger partial charge in [-0.2, -0.15) is 5.26 Å². The molecule has 3 heteroatoms. The van der Waals surface area contributed by atoms with Gasteiger partial charge in [-0.1, -0.05) is 19.8 Å². The van der Waals surface area contributed by atoms with Gasteiger partial charge in [0.25, 0.3) is 0 Å². The first-order valence-electron chi connectivity index (χ1n) is 6.38. The van der Waals surface area contributed by atoms with E-state index in [0.29, 0.717) is 11.1 Å². The van der Waals surface area contributed by atoms with Crippen LogP contribution < -0.4 is 0 Å². The van der Waals surface area contributed by atoms with Crippen LogP contribution in [0.4, 0.5) is 0 Å². The molecule has 0 aliphatic heterocycles. The SMILES string of the molecule is CCCCC[C@H](C)OC(=O)c1ccc(C#N)cc1. The van der Waals surface area contributed by atoms with E-state index in [9.17, 15) is 4.79 Å². The van der Waals surface area contributed by atoms with Gasteiger partial charge in [-0.25, -0.2) is 4.79 Å². The normalized spacial score (nSPS) is 11.6. The Balaban J connectivity index is 2.46. The summed E-state index contributed by atoms with van der Waals surface area (Å²) in [7, 11) is 0. The Labute approximate surface area is 108 Å². The third-order valence-corrected chi connectivity index (χ3v) is 2.77. The predicted molar refractivity (Wildman–Crippen MR) is 70.2 cm³/mol. The molecule has 3 nitrogen and oxygen atoms in total. The monoisotopic (exact) mass is 245 g/mol. The van der Waals surface area contributed by atoms with Crippen molar-refractivity contribution in [1.29, 1.82) is 5.26 Å². The molecule has 0 saturated carbocycles. The first-order valence-corrected chi connectivity index (χ1v) is 6.38. The number of nitriles is 1. The van der Waals surface area contributed by atoms with Crippen LogP contribution in [0.15, 0.2) is 24.3 Å². The average molecular weight is 245 g/mol. The summed E-state index contributed by atoms with van der Waals surface area (Å²) in [6.07, 6.45) is 4.25. The lowest BCUT2D eigenvalue weighted by Gasteiger charge is -2.12. The van der Waals surface area contributed by atoms with E-state index in [0.717, 1.165) is 19.3 Å². The maximum atomic E-state index is 11.8. The minimum Gasteiger partial charge on any atom is -0.459 e. The lowest BCUT2D eigenvalue weighted by molar-refractivity contribution is 0.0319. The summed E-state index contributed by atoms with van der Waals surface area (Å²) in [5.41, 5.74) is 1.04. The van der Waals surface area contributed by atoms with E-state index in [1.807, 2.05) is 13.0 Å². The molecule has 0 fully saturated rings. The number of hydrogen-bond donors (Lipinski definition) is 0. The van der Waals surface area contributed by atoms with Gasteiger partial charge in [-0.05, 0) is 44.0 Å². The molecule has 0 unspecified atom stereocenters. The van der Waals surface area contributed by atoms with E-state index < -0.39 is 0 Å². The van der Waals surface area contributed by atoms with Gasteiger partial charge in [0.05, 0.1) is 23.3 Å². The molecule has 0 spiro atoms. The molecule has 0 bridgehead atoms. The smallest absolute Gasteiger partial charge is 0.338 e. The van der Waals surface area contributed by atoms with E-state index in [4.69, 9.17) is 10.00 Å². The van der Waals surface area contributed by atoms with Crippen LogP contribution in [-0.2, 0) is 4.74 Å². The Morgan fingerprint density at radius 2 is 2.00 bits per heavy atom. The molecular weight excluding hydrogens is 226 g/mol. The number of nitrogens with zero attached hydrogens (tertiary/aromatic N) is 1. The lowest BCUT2D eigenvalue weighted by atomic mass is 10.1. The number of ether oxygens (including phenoxy) is 1. The van der Waals surface area contributed by atoms with Crippen LogP contribution in [0.3, 0.4) is 0 Å². The molecule has 0 aliphatic carbocycles. The van der Waals surface area contributed by atoms with Gasteiger partial charge in [0.1, 0.15) is 0 Å². The number of benzene rings is 1. The number of rotatable bonds is 6. The van der Waals surface area contributed by atoms with Gasteiger partial charge in [-0.3, -0.25) is 0 Å². The first-order chi connectivity index (χ1) is 8.67. The molecule has 18 heavy (non-hydrogen) atoms. The fraction of sp³-hybridized carbons (Fsp3) is 0.467. The van der Waals surface area contributed by atoms with Crippen molar-refractivity contribution in [3.8, 4) is 6.07 Å². The maximum Gasteiger partial charge on any atom is 0.338 e. The Morgan fingerprint density at radius 1 is 1.33 bits per heavy atom. The third-order valence-electron chi connectivity index (χ3n) is 2.77. The fourth-order valence-electron chi connectivity index (χ4n) is 1.67. The van der Waals surface area contributed by atoms with Crippen molar-refractivity contribution in [1.82, 2.24) is 0 Å². The summed E-state index contributed by atoms with van der Waals surface area (Å²) in [6.45, 7) is 4.06. The molecule has 0 amide bonds. The van der Waals surface area contributed by atoms with Crippen LogP contribution in [-0.4, -0.2) is 12.1 Å². The Bertz CT molecular complexity index is 417. The van der Waals surface area contributed by atoms with E-state index in [2.05, 4.69) is 6.92 Å². The van der Waals surface area contributed by atoms with Crippen molar-refractivity contribution in [3.63, 3.8) is 0 Å². The van der Waals surface area contributed by atoms with Gasteiger partial charge in [-0.15, -0.1) is 0 Å². The second-order valence-electron chi connectivity index (χ2n) is 4.40. The molecule has 1 aromatic carbocycles. The molecule has 0 aliphatic rings. The highest BCUT2D eigenvalue weighted by Crippen LogP contribution is 2.10. The predicted octanol–water partition coefficient (Wildman–Crippen LogP) is 3.68. The van der Waals surface area contributed by atoms with Gasteiger partial charge in [0, 0.05) is 0 Å². The minimum absolute atomic E-state index is 0.0558. The van der Waals surface area contributed by atoms with E-state index >= 15 is 0 Å². The molecule has 0 saturated heterocycles. The Morgan fingerprint density at radius 3 is 2.56 bits per heavy atom. The van der Waals surface area contributed by atoms with Gasteiger partial charge < -0.3 is 4.74 Å². The number of carbonyl (C=O) groups is 1. The number of unbranched alkanes of at least 4 members (excludes halogenated alkanes) is 2. The van der Waals surface area contributed by atoms with Crippen molar-refractivity contribution in [2.24, 2.45) is 0 Å². The van der Waals surface area contributed by atoms with Crippen molar-refractivity contribution in [2.75, 3.05) is 0 Å². The lowest BCUT2D eigenvalue weighted by Crippen LogP contribution is -2.15. The molecule has 1 aromatic rings. The largest absolute Gasteiger partial charge is 0.459 e. The minimum atomic E-state index is -0.316. The topological polar surface area (TPSA) is 50.1 Å². The Hall–Kier alpha value is -1.82. The molecule has 1 atom stereocenters. The van der Waals surface area contributed by atoms with Crippen LogP contribution in [0.1, 0.15) is 55.5 Å². The number of carbonyl (C=O) groups excluding carboxylic acids is 1. The number of hydrogen-bond acceptors (Lipinski definition) is 3. The van der Waals surface area contributed by atoms with Crippen molar-refractivity contribution in [3.05, 3.63) is 35.4 Å². The number of esters is 1. The van der Waals surface area contributed by atoms with Crippen molar-refractivity contribution >= 4 is 5.97 Å². The van der Waals surface area contributed by atoms with Gasteiger partial charge >= 0.3 is 5.97 Å². The standard InChI is InChI=1S/C15H19NO2/c1-3-4-5-6-12(2)18-15(17)14-9-7-13(11-16)8-10-14/h7-10,12H,3-6H2,1-2H3/t12-/m0/s1. The summed E-state index contributed by atoms with van der Waals surface area (Å²) in [5.74, 6) is -0.316. The highest BCUT2D eigenvalue weighted by atomic mass is 16.5. The molecule has 0 aromatic heterocycles. The summed E-state index contributed by atoms with van der Waals surface area (Å²) in [4.78, 5) is 11.8. The molecule has 0 heterocycles. The maximum absolute atomic E-state index is 11.8. The quantitative estimate of drug-likeness (QED) is 0.567. The zero-order valence-electron chi connectivity index (χ0n) is 11.0. The van der Waals surface area contributed by atoms with E-state index in [1.54, 1.807) is 24.3 Å². The fourth-order valence-corrected chi connectivity index (χ4v) is 1.67. The van der Waals surface area contributed by atoms with Crippen LogP contribution in [0.25, 0.3) is 0 Å². The second kappa shape index (κ2) is 7.50. The summed E-state index contributed by atoms with van der Waals surface area (Å²) >= 11 is 0. The Kier molecular flexibility index (Phi) is 5.93. The molecule has 1 rings (SSSR count). The first kappa shape index (κ1) is 14.2. The van der Waals surface area contributed by atoms with Crippen molar-refractivity contribution < 1.29 is 9.53 Å². The highest BCUT2D eigenvalue weighted by molar-refractivity contribution is 5.89. The second-order valence-corrected chi connectivity index (χ2v) is 4.40. The summed E-state index contributed by atoms with van der Waals surface area (Å²) in [6, 6.07) is 8.51. The van der Waals surface area contributed by atoms with Crippen molar-refractivity contribution in [2.45, 2.75) is 45.6 Å². The van der Waals surface area contributed by atoms with Gasteiger partial charge in [0.2, 0.25) is 0 Å². The molecule has 0 radical (unpaired) electrons. The third kappa shape index (κ3) is 4.58. The summed E-state index contributed by atoms with van der Waals surface area (Å²) < 4.78 is 5.33. The van der Waals surface area contributed by atoms with Gasteiger partial charge in [0.15, 0.2) is 0 Å². The van der Waals surface area contributed by atoms with Crippen LogP contribution in [0.2, 0.25) is 0 Å². The molecular formula is C15H19NO2. The van der Waals surface area contributed by atoms with Crippen LogP contribution in [0.5, 0.6) is 0 Å². The average Bonchev–Trinajstić information content (AvgIpc) is 2.39. The van der Waals surface area contributed by atoms with Crippen LogP contribution >= 0.6 is 0 Å². The molecule has 0 N–H and O–H groups in total. The summed E-state index contributed by atoms with van der Waals surface area (Å²) in [5, 5.41) is 8.67. The zero-order chi connectivity index (χ0) is 13.4. The van der Waals surface area contributed by atoms with Crippen LogP contribution in [0, 0.1) is 11.3 Å². The highest BCUT2D eigenvalue weighted by Gasteiger charge is 2.11. The molecule has 96 valence electrons. The zero-order valence-corrected chi connectivity index (χ0v) is 11.0. The van der Waals surface area contributed by atoms with E-state index in [1.165, 1.54) is 6.42 Å². The van der Waals surface area contributed by atoms with E-state index in [-0.39, 0.29) is 12.1 Å².